The quantitative estimate of drug-likeness (QED) is 0.836. The van der Waals surface area contributed by atoms with E-state index in [-0.39, 0.29) is 5.91 Å². The van der Waals surface area contributed by atoms with Crippen LogP contribution in [0.3, 0.4) is 0 Å². The molecule has 0 bridgehead atoms. The number of anilines is 1. The summed E-state index contributed by atoms with van der Waals surface area (Å²) >= 11 is 0. The summed E-state index contributed by atoms with van der Waals surface area (Å²) in [7, 11) is 1.78. The number of aliphatic hydroxyl groups is 1. The molecule has 0 spiro atoms. The van der Waals surface area contributed by atoms with Crippen LogP contribution in [-0.2, 0) is 10.2 Å². The molecule has 21 heavy (non-hydrogen) atoms. The van der Waals surface area contributed by atoms with E-state index in [1.807, 2.05) is 38.1 Å². The molecule has 0 radical (unpaired) electrons. The Morgan fingerprint density at radius 2 is 1.81 bits per heavy atom. The van der Waals surface area contributed by atoms with Crippen LogP contribution in [0.2, 0.25) is 0 Å². The maximum Gasteiger partial charge on any atom is 0.232 e. The molecule has 4 heteroatoms. The molecule has 0 aromatic heterocycles. The van der Waals surface area contributed by atoms with Gasteiger partial charge in [0.05, 0.1) is 11.0 Å². The number of rotatable bonds is 4. The zero-order valence-electron chi connectivity index (χ0n) is 13.2. The van der Waals surface area contributed by atoms with Gasteiger partial charge in [-0.2, -0.15) is 0 Å². The number of hydrogen-bond donors (Lipinski definition) is 2. The Kier molecular flexibility index (Phi) is 4.28. The molecule has 116 valence electrons. The van der Waals surface area contributed by atoms with Gasteiger partial charge in [0.2, 0.25) is 5.91 Å². The maximum absolute atomic E-state index is 12.8. The fraction of sp³-hybridized carbons (Fsp3) is 0.588. The molecular weight excluding hydrogens is 264 g/mol. The Balaban J connectivity index is 2.11. The lowest BCUT2D eigenvalue weighted by atomic mass is 9.83. The van der Waals surface area contributed by atoms with E-state index in [1.165, 1.54) is 0 Å². The summed E-state index contributed by atoms with van der Waals surface area (Å²) in [4.78, 5) is 14.4. The summed E-state index contributed by atoms with van der Waals surface area (Å²) in [6.45, 7) is 4.23. The molecule has 0 saturated heterocycles. The van der Waals surface area contributed by atoms with Gasteiger partial charge >= 0.3 is 0 Å². The highest BCUT2D eigenvalue weighted by molar-refractivity contribution is 5.87. The number of likely N-dealkylation sites (N-methyl/N-ethyl adjacent to an activating group) is 1. The zero-order valence-corrected chi connectivity index (χ0v) is 13.2. The topological polar surface area (TPSA) is 66.6 Å². The lowest BCUT2D eigenvalue weighted by Gasteiger charge is -2.34. The predicted octanol–water partition coefficient (Wildman–Crippen LogP) is 2.31. The largest absolute Gasteiger partial charge is 0.399 e. The average molecular weight is 290 g/mol. The first-order chi connectivity index (χ1) is 9.74. The molecule has 1 aromatic rings. The second-order valence-corrected chi connectivity index (χ2v) is 6.84. The molecule has 0 heterocycles. The standard InChI is InChI=1S/C17H26N2O2/c1-16(2,13-6-8-14(18)9-7-13)15(20)19(3)12-17(21)10-4-5-11-17/h6-9,21H,4-5,10-12,18H2,1-3H3. The first-order valence-electron chi connectivity index (χ1n) is 7.59. The van der Waals surface area contributed by atoms with E-state index in [4.69, 9.17) is 5.73 Å². The Labute approximate surface area is 126 Å². The minimum atomic E-state index is -0.707. The minimum absolute atomic E-state index is 0.0209. The van der Waals surface area contributed by atoms with E-state index in [2.05, 4.69) is 0 Å². The monoisotopic (exact) mass is 290 g/mol. The molecule has 0 atom stereocenters. The second-order valence-electron chi connectivity index (χ2n) is 6.84. The van der Waals surface area contributed by atoms with Crippen molar-refractivity contribution in [3.63, 3.8) is 0 Å². The van der Waals surface area contributed by atoms with Crippen molar-refractivity contribution in [1.82, 2.24) is 4.90 Å². The molecule has 1 amide bonds. The fourth-order valence-corrected chi connectivity index (χ4v) is 3.20. The molecule has 0 unspecified atom stereocenters. The minimum Gasteiger partial charge on any atom is -0.399 e. The Morgan fingerprint density at radius 1 is 1.29 bits per heavy atom. The van der Waals surface area contributed by atoms with Gasteiger partial charge in [-0.1, -0.05) is 25.0 Å². The molecular formula is C17H26N2O2. The van der Waals surface area contributed by atoms with Crippen LogP contribution in [0.5, 0.6) is 0 Å². The van der Waals surface area contributed by atoms with Crippen LogP contribution in [0.1, 0.15) is 45.1 Å². The number of nitrogens with zero attached hydrogens (tertiary/aromatic N) is 1. The summed E-state index contributed by atoms with van der Waals surface area (Å²) in [6.07, 6.45) is 3.65. The number of carbonyl (C=O) groups excluding carboxylic acids is 1. The van der Waals surface area contributed by atoms with Crippen LogP contribution in [0.4, 0.5) is 5.69 Å². The number of hydrogen-bond acceptors (Lipinski definition) is 3. The highest BCUT2D eigenvalue weighted by Crippen LogP contribution is 2.32. The Morgan fingerprint density at radius 3 is 2.33 bits per heavy atom. The molecule has 1 aliphatic carbocycles. The van der Waals surface area contributed by atoms with E-state index in [0.717, 1.165) is 31.2 Å². The lowest BCUT2D eigenvalue weighted by molar-refractivity contribution is -0.138. The van der Waals surface area contributed by atoms with Gasteiger partial charge in [-0.3, -0.25) is 4.79 Å². The van der Waals surface area contributed by atoms with Gasteiger partial charge in [0.25, 0.3) is 0 Å². The zero-order chi connectivity index (χ0) is 15.7. The summed E-state index contributed by atoms with van der Waals surface area (Å²) in [5, 5.41) is 10.5. The van der Waals surface area contributed by atoms with Crippen LogP contribution >= 0.6 is 0 Å². The SMILES string of the molecule is CN(CC1(O)CCCC1)C(=O)C(C)(C)c1ccc(N)cc1. The summed E-state index contributed by atoms with van der Waals surface area (Å²) < 4.78 is 0. The van der Waals surface area contributed by atoms with Gasteiger partial charge in [-0.05, 0) is 44.4 Å². The Hall–Kier alpha value is -1.55. The van der Waals surface area contributed by atoms with Crippen molar-refractivity contribution in [3.05, 3.63) is 29.8 Å². The van der Waals surface area contributed by atoms with Gasteiger partial charge in [-0.15, -0.1) is 0 Å². The van der Waals surface area contributed by atoms with Crippen molar-refractivity contribution in [2.24, 2.45) is 0 Å². The van der Waals surface area contributed by atoms with E-state index < -0.39 is 11.0 Å². The molecule has 3 N–H and O–H groups in total. The predicted molar refractivity (Wildman–Crippen MR) is 84.9 cm³/mol. The number of carbonyl (C=O) groups is 1. The van der Waals surface area contributed by atoms with Crippen LogP contribution in [0.25, 0.3) is 0 Å². The van der Waals surface area contributed by atoms with Gasteiger partial charge in [0.1, 0.15) is 0 Å². The Bertz CT molecular complexity index is 502. The van der Waals surface area contributed by atoms with Gasteiger partial charge in [0.15, 0.2) is 0 Å². The second kappa shape index (κ2) is 5.68. The molecule has 1 saturated carbocycles. The number of amides is 1. The van der Waals surface area contributed by atoms with Crippen molar-refractivity contribution in [3.8, 4) is 0 Å². The summed E-state index contributed by atoms with van der Waals surface area (Å²) in [5.41, 5.74) is 6.00. The third-order valence-electron chi connectivity index (χ3n) is 4.58. The van der Waals surface area contributed by atoms with E-state index in [0.29, 0.717) is 12.2 Å². The third kappa shape index (κ3) is 3.38. The number of benzene rings is 1. The van der Waals surface area contributed by atoms with E-state index in [9.17, 15) is 9.90 Å². The number of nitrogens with two attached hydrogens (primary N) is 1. The van der Waals surface area contributed by atoms with Gasteiger partial charge < -0.3 is 15.7 Å². The van der Waals surface area contributed by atoms with Gasteiger partial charge in [0, 0.05) is 19.3 Å². The number of nitrogen functional groups attached to an aromatic ring is 1. The molecule has 2 rings (SSSR count). The first kappa shape index (κ1) is 15.8. The molecule has 1 fully saturated rings. The van der Waals surface area contributed by atoms with Crippen molar-refractivity contribution in [1.29, 1.82) is 0 Å². The van der Waals surface area contributed by atoms with Crippen LogP contribution in [-0.4, -0.2) is 35.1 Å². The molecule has 1 aliphatic rings. The molecule has 1 aromatic carbocycles. The maximum atomic E-state index is 12.8. The van der Waals surface area contributed by atoms with Crippen molar-refractivity contribution < 1.29 is 9.90 Å². The summed E-state index contributed by atoms with van der Waals surface area (Å²) in [6, 6.07) is 7.42. The summed E-state index contributed by atoms with van der Waals surface area (Å²) in [5.74, 6) is 0.0209. The van der Waals surface area contributed by atoms with Gasteiger partial charge in [-0.25, -0.2) is 0 Å². The van der Waals surface area contributed by atoms with Crippen molar-refractivity contribution >= 4 is 11.6 Å². The van der Waals surface area contributed by atoms with Crippen LogP contribution in [0, 0.1) is 0 Å². The smallest absolute Gasteiger partial charge is 0.232 e. The highest BCUT2D eigenvalue weighted by Gasteiger charge is 2.38. The van der Waals surface area contributed by atoms with Crippen molar-refractivity contribution in [2.45, 2.75) is 50.5 Å². The molecule has 0 aliphatic heterocycles. The third-order valence-corrected chi connectivity index (χ3v) is 4.58. The fourth-order valence-electron chi connectivity index (χ4n) is 3.20. The van der Waals surface area contributed by atoms with Crippen LogP contribution < -0.4 is 5.73 Å². The first-order valence-corrected chi connectivity index (χ1v) is 7.59. The molecule has 4 nitrogen and oxygen atoms in total. The van der Waals surface area contributed by atoms with E-state index in [1.54, 1.807) is 11.9 Å². The highest BCUT2D eigenvalue weighted by atomic mass is 16.3. The average Bonchev–Trinajstić information content (AvgIpc) is 2.84. The van der Waals surface area contributed by atoms with Crippen LogP contribution in [0.15, 0.2) is 24.3 Å². The van der Waals surface area contributed by atoms with E-state index >= 15 is 0 Å². The van der Waals surface area contributed by atoms with Crippen molar-refractivity contribution in [2.75, 3.05) is 19.3 Å². The lowest BCUT2D eigenvalue weighted by Crippen LogP contribution is -2.48. The normalized spacial score (nSPS) is 17.7.